The van der Waals surface area contributed by atoms with E-state index in [4.69, 9.17) is 27.5 Å². The first kappa shape index (κ1) is 14.3. The summed E-state index contributed by atoms with van der Waals surface area (Å²) in [6, 6.07) is 11.9. The monoisotopic (exact) mass is 292 g/mol. The summed E-state index contributed by atoms with van der Waals surface area (Å²) in [5.74, 6) is 0.340. The largest absolute Gasteiger partial charge is 0.489 e. The Morgan fingerprint density at radius 1 is 1.15 bits per heavy atom. The lowest BCUT2D eigenvalue weighted by Crippen LogP contribution is -2.12. The summed E-state index contributed by atoms with van der Waals surface area (Å²) >= 11 is 5.61. The van der Waals surface area contributed by atoms with Crippen LogP contribution in [0.5, 0.6) is 5.75 Å². The molecule has 0 amide bonds. The predicted molar refractivity (Wildman–Crippen MR) is 77.8 cm³/mol. The van der Waals surface area contributed by atoms with Crippen molar-refractivity contribution in [3.05, 3.63) is 64.4 Å². The molecular formula is C15H14ClFN2O. The predicted octanol–water partition coefficient (Wildman–Crippen LogP) is 3.54. The maximum atomic E-state index is 13.3. The number of benzene rings is 2. The third-order valence-electron chi connectivity index (χ3n) is 2.71. The first-order valence-electron chi connectivity index (χ1n) is 6.03. The fourth-order valence-electron chi connectivity index (χ4n) is 1.72. The van der Waals surface area contributed by atoms with E-state index in [9.17, 15) is 4.39 Å². The van der Waals surface area contributed by atoms with Crippen LogP contribution >= 0.6 is 11.6 Å². The van der Waals surface area contributed by atoms with Gasteiger partial charge in [-0.3, -0.25) is 5.41 Å². The molecule has 0 bridgehead atoms. The normalized spacial score (nSPS) is 10.3. The molecule has 0 atom stereocenters. The molecule has 0 saturated carbocycles. The van der Waals surface area contributed by atoms with Crippen molar-refractivity contribution in [2.75, 3.05) is 0 Å². The molecule has 0 spiro atoms. The first-order chi connectivity index (χ1) is 9.54. The highest BCUT2D eigenvalue weighted by atomic mass is 35.5. The van der Waals surface area contributed by atoms with Crippen LogP contribution in [-0.2, 0) is 13.0 Å². The molecule has 0 radical (unpaired) electrons. The van der Waals surface area contributed by atoms with Crippen LogP contribution < -0.4 is 10.5 Å². The molecular weight excluding hydrogens is 279 g/mol. The molecule has 2 rings (SSSR count). The molecule has 3 nitrogen and oxygen atoms in total. The lowest BCUT2D eigenvalue weighted by Gasteiger charge is -2.08. The van der Waals surface area contributed by atoms with Gasteiger partial charge in [0.25, 0.3) is 0 Å². The van der Waals surface area contributed by atoms with Gasteiger partial charge in [-0.1, -0.05) is 29.8 Å². The van der Waals surface area contributed by atoms with E-state index in [0.717, 1.165) is 5.56 Å². The molecule has 0 unspecified atom stereocenters. The summed E-state index contributed by atoms with van der Waals surface area (Å²) < 4.78 is 18.8. The minimum atomic E-state index is -0.454. The third kappa shape index (κ3) is 3.96. The summed E-state index contributed by atoms with van der Waals surface area (Å²) in [5, 5.41) is 7.32. The third-order valence-corrected chi connectivity index (χ3v) is 3.01. The van der Waals surface area contributed by atoms with Gasteiger partial charge in [0.15, 0.2) is 0 Å². The summed E-state index contributed by atoms with van der Waals surface area (Å²) in [6.45, 7) is 0.264. The average Bonchev–Trinajstić information content (AvgIpc) is 2.41. The van der Waals surface area contributed by atoms with Gasteiger partial charge in [0, 0.05) is 6.42 Å². The van der Waals surface area contributed by atoms with Crippen molar-refractivity contribution < 1.29 is 9.13 Å². The van der Waals surface area contributed by atoms with E-state index in [1.807, 2.05) is 12.1 Å². The van der Waals surface area contributed by atoms with Crippen LogP contribution in [0, 0.1) is 11.2 Å². The number of hydrogen-bond acceptors (Lipinski definition) is 2. The van der Waals surface area contributed by atoms with Gasteiger partial charge in [0.05, 0.1) is 10.9 Å². The van der Waals surface area contributed by atoms with Gasteiger partial charge in [0.2, 0.25) is 0 Å². The number of rotatable bonds is 5. The second kappa shape index (κ2) is 6.39. The van der Waals surface area contributed by atoms with Crippen molar-refractivity contribution in [1.29, 1.82) is 5.41 Å². The fraction of sp³-hybridized carbons (Fsp3) is 0.133. The van der Waals surface area contributed by atoms with Crippen LogP contribution in [-0.4, -0.2) is 5.84 Å². The Labute approximate surface area is 121 Å². The van der Waals surface area contributed by atoms with Gasteiger partial charge in [-0.05, 0) is 35.4 Å². The van der Waals surface area contributed by atoms with E-state index in [1.54, 1.807) is 18.2 Å². The molecule has 5 heteroatoms. The minimum Gasteiger partial charge on any atom is -0.489 e. The van der Waals surface area contributed by atoms with E-state index in [1.165, 1.54) is 12.1 Å². The maximum absolute atomic E-state index is 13.3. The highest BCUT2D eigenvalue weighted by molar-refractivity contribution is 6.30. The van der Waals surface area contributed by atoms with Crippen molar-refractivity contribution in [1.82, 2.24) is 0 Å². The number of halogens is 2. The average molecular weight is 293 g/mol. The Morgan fingerprint density at radius 3 is 2.40 bits per heavy atom. The van der Waals surface area contributed by atoms with Gasteiger partial charge in [-0.2, -0.15) is 0 Å². The molecule has 2 aromatic carbocycles. The summed E-state index contributed by atoms with van der Waals surface area (Å²) in [6.07, 6.45) is 0.419. The maximum Gasteiger partial charge on any atom is 0.142 e. The van der Waals surface area contributed by atoms with Gasteiger partial charge >= 0.3 is 0 Å². The summed E-state index contributed by atoms with van der Waals surface area (Å²) in [5.41, 5.74) is 6.98. The Kier molecular flexibility index (Phi) is 4.58. The molecule has 0 aliphatic heterocycles. The van der Waals surface area contributed by atoms with Crippen molar-refractivity contribution >= 4 is 17.4 Å². The Morgan fingerprint density at radius 2 is 1.80 bits per heavy atom. The molecule has 0 aliphatic carbocycles. The molecule has 20 heavy (non-hydrogen) atoms. The lowest BCUT2D eigenvalue weighted by molar-refractivity contribution is 0.305. The van der Waals surface area contributed by atoms with E-state index < -0.39 is 5.82 Å². The van der Waals surface area contributed by atoms with Crippen LogP contribution in [0.25, 0.3) is 0 Å². The van der Waals surface area contributed by atoms with E-state index in [2.05, 4.69) is 0 Å². The van der Waals surface area contributed by atoms with Crippen molar-refractivity contribution in [2.24, 2.45) is 5.73 Å². The van der Waals surface area contributed by atoms with Crippen molar-refractivity contribution in [3.63, 3.8) is 0 Å². The standard InChI is InChI=1S/C15H14ClFN2O/c16-13-6-3-11(7-14(13)17)9-20-12-4-1-10(2-5-12)8-15(18)19/h1-7H,8-9H2,(H3,18,19). The van der Waals surface area contributed by atoms with Crippen LogP contribution in [0.2, 0.25) is 5.02 Å². The molecule has 0 aromatic heterocycles. The highest BCUT2D eigenvalue weighted by Crippen LogP contribution is 2.18. The summed E-state index contributed by atoms with van der Waals surface area (Å²) in [4.78, 5) is 0. The van der Waals surface area contributed by atoms with Crippen LogP contribution in [0.15, 0.2) is 42.5 Å². The molecule has 104 valence electrons. The zero-order valence-corrected chi connectivity index (χ0v) is 11.5. The number of nitrogens with two attached hydrogens (primary N) is 1. The molecule has 2 aromatic rings. The van der Waals surface area contributed by atoms with E-state index >= 15 is 0 Å². The zero-order valence-electron chi connectivity index (χ0n) is 10.7. The van der Waals surface area contributed by atoms with Crippen molar-refractivity contribution in [2.45, 2.75) is 13.0 Å². The Bertz CT molecular complexity index is 614. The topological polar surface area (TPSA) is 59.1 Å². The molecule has 0 aliphatic rings. The Hall–Kier alpha value is -2.07. The number of nitrogens with one attached hydrogen (secondary N) is 1. The molecule has 0 fully saturated rings. The van der Waals surface area contributed by atoms with Gasteiger partial charge in [-0.15, -0.1) is 0 Å². The van der Waals surface area contributed by atoms with Crippen molar-refractivity contribution in [3.8, 4) is 5.75 Å². The van der Waals surface area contributed by atoms with Crippen LogP contribution in [0.4, 0.5) is 4.39 Å². The molecule has 0 saturated heterocycles. The first-order valence-corrected chi connectivity index (χ1v) is 6.41. The molecule has 3 N–H and O–H groups in total. The van der Waals surface area contributed by atoms with Crippen LogP contribution in [0.3, 0.4) is 0 Å². The zero-order chi connectivity index (χ0) is 14.5. The lowest BCUT2D eigenvalue weighted by atomic mass is 10.1. The quantitative estimate of drug-likeness (QED) is 0.654. The van der Waals surface area contributed by atoms with Crippen LogP contribution in [0.1, 0.15) is 11.1 Å². The number of ether oxygens (including phenoxy) is 1. The highest BCUT2D eigenvalue weighted by Gasteiger charge is 2.02. The number of amidine groups is 1. The van der Waals surface area contributed by atoms with E-state index in [0.29, 0.717) is 17.7 Å². The Balaban J connectivity index is 1.96. The molecule has 0 heterocycles. The fourth-order valence-corrected chi connectivity index (χ4v) is 1.84. The van der Waals surface area contributed by atoms with Gasteiger partial charge in [0.1, 0.15) is 18.2 Å². The van der Waals surface area contributed by atoms with Gasteiger partial charge in [-0.25, -0.2) is 4.39 Å². The van der Waals surface area contributed by atoms with Gasteiger partial charge < -0.3 is 10.5 Å². The second-order valence-electron chi connectivity index (χ2n) is 4.38. The smallest absolute Gasteiger partial charge is 0.142 e. The SMILES string of the molecule is N=C(N)Cc1ccc(OCc2ccc(Cl)c(F)c2)cc1. The second-order valence-corrected chi connectivity index (χ2v) is 4.79. The minimum absolute atomic E-state index is 0.0994. The van der Waals surface area contributed by atoms with E-state index in [-0.39, 0.29) is 17.5 Å². The summed E-state index contributed by atoms with van der Waals surface area (Å²) in [7, 11) is 0. The number of hydrogen-bond donors (Lipinski definition) is 2.